The maximum atomic E-state index is 12.9. The molecular formula is C32H39N5O4. The molecule has 3 rings (SSSR count). The summed E-state index contributed by atoms with van der Waals surface area (Å²) in [5.41, 5.74) is 3.80. The fourth-order valence-corrected chi connectivity index (χ4v) is 4.21. The molecule has 0 saturated carbocycles. The van der Waals surface area contributed by atoms with Crippen LogP contribution >= 0.6 is 0 Å². The molecule has 3 amide bonds. The van der Waals surface area contributed by atoms with E-state index < -0.39 is 17.9 Å². The van der Waals surface area contributed by atoms with Crippen LogP contribution in [0.5, 0.6) is 0 Å². The number of nitrogens with zero attached hydrogens (tertiary/aromatic N) is 2. The number of ketones is 1. The van der Waals surface area contributed by atoms with Gasteiger partial charge in [0.05, 0.1) is 25.2 Å². The van der Waals surface area contributed by atoms with Crippen LogP contribution in [0.4, 0.5) is 0 Å². The number of rotatable bonds is 15. The summed E-state index contributed by atoms with van der Waals surface area (Å²) in [6, 6.07) is 15.9. The van der Waals surface area contributed by atoms with Gasteiger partial charge in [-0.25, -0.2) is 0 Å². The molecule has 2 heterocycles. The van der Waals surface area contributed by atoms with Crippen LogP contribution in [-0.2, 0) is 27.2 Å². The van der Waals surface area contributed by atoms with E-state index >= 15 is 0 Å². The van der Waals surface area contributed by atoms with Crippen molar-refractivity contribution < 1.29 is 19.2 Å². The molecule has 0 bridgehead atoms. The predicted octanol–water partition coefficient (Wildman–Crippen LogP) is 3.67. The smallest absolute Gasteiger partial charge is 0.270 e. The van der Waals surface area contributed by atoms with E-state index in [0.29, 0.717) is 6.42 Å². The molecule has 0 unspecified atom stereocenters. The minimum atomic E-state index is -0.821. The summed E-state index contributed by atoms with van der Waals surface area (Å²) in [5.74, 6) is -1.44. The molecule has 3 aromatic rings. The summed E-state index contributed by atoms with van der Waals surface area (Å²) in [6.45, 7) is 5.53. The number of Topliss-reactive ketones (excluding diaryl/α,β-unsaturated/α-hetero) is 1. The molecule has 1 aromatic carbocycles. The van der Waals surface area contributed by atoms with Gasteiger partial charge in [0, 0.05) is 18.0 Å². The topological polar surface area (TPSA) is 130 Å². The van der Waals surface area contributed by atoms with Crippen LogP contribution in [-0.4, -0.2) is 52.6 Å². The zero-order valence-corrected chi connectivity index (χ0v) is 24.0. The summed E-state index contributed by atoms with van der Waals surface area (Å²) < 4.78 is 0. The Morgan fingerprint density at radius 3 is 2.37 bits per heavy atom. The number of hydrogen-bond acceptors (Lipinski definition) is 6. The molecule has 0 aliphatic heterocycles. The van der Waals surface area contributed by atoms with E-state index in [1.807, 2.05) is 62.4 Å². The van der Waals surface area contributed by atoms with Crippen molar-refractivity contribution in [2.75, 3.05) is 13.1 Å². The molecule has 1 atom stereocenters. The standard InChI is InChI=1S/C32H39N5O4/c1-4-5-9-23-13-14-28(34-19-23)32(41)37-29(16-22(2)3)31(40)36-21-26(38)20-35-30(39)18-24-10-8-11-25(17-24)27-12-6-7-15-33-27/h6-8,10-15,17,19,22,29H,4-5,9,16,18,20-21H2,1-3H3,(H,35,39)(H,36,40)(H,37,41)/t29-/m0/s1. The molecule has 41 heavy (non-hydrogen) atoms. The number of unbranched alkanes of at least 4 members (excludes halogenated alkanes) is 1. The molecule has 0 saturated heterocycles. The average molecular weight is 558 g/mol. The van der Waals surface area contributed by atoms with Gasteiger partial charge in [0.2, 0.25) is 11.8 Å². The van der Waals surface area contributed by atoms with Crippen LogP contribution in [0.15, 0.2) is 67.0 Å². The lowest BCUT2D eigenvalue weighted by molar-refractivity contribution is -0.127. The van der Waals surface area contributed by atoms with Gasteiger partial charge in [-0.15, -0.1) is 0 Å². The average Bonchev–Trinajstić information content (AvgIpc) is 2.98. The Morgan fingerprint density at radius 1 is 0.878 bits per heavy atom. The Kier molecular flexibility index (Phi) is 12.2. The summed E-state index contributed by atoms with van der Waals surface area (Å²) in [5, 5.41) is 7.95. The minimum absolute atomic E-state index is 0.108. The van der Waals surface area contributed by atoms with Crippen molar-refractivity contribution in [3.63, 3.8) is 0 Å². The molecule has 0 spiro atoms. The molecule has 9 nitrogen and oxygen atoms in total. The molecule has 0 aliphatic rings. The van der Waals surface area contributed by atoms with Crippen LogP contribution in [0.3, 0.4) is 0 Å². The largest absolute Gasteiger partial charge is 0.349 e. The Bertz CT molecular complexity index is 1310. The van der Waals surface area contributed by atoms with Gasteiger partial charge in [0.1, 0.15) is 11.7 Å². The molecule has 2 aromatic heterocycles. The Labute approximate surface area is 241 Å². The zero-order chi connectivity index (χ0) is 29.6. The summed E-state index contributed by atoms with van der Waals surface area (Å²) in [4.78, 5) is 59.0. The highest BCUT2D eigenvalue weighted by molar-refractivity contribution is 5.97. The van der Waals surface area contributed by atoms with E-state index in [1.165, 1.54) is 0 Å². The third-order valence-electron chi connectivity index (χ3n) is 6.40. The normalized spacial score (nSPS) is 11.5. The number of amides is 3. The highest BCUT2D eigenvalue weighted by Gasteiger charge is 2.23. The predicted molar refractivity (Wildman–Crippen MR) is 158 cm³/mol. The van der Waals surface area contributed by atoms with Crippen molar-refractivity contribution in [1.82, 2.24) is 25.9 Å². The summed E-state index contributed by atoms with van der Waals surface area (Å²) in [7, 11) is 0. The number of carbonyl (C=O) groups excluding carboxylic acids is 4. The van der Waals surface area contributed by atoms with E-state index in [2.05, 4.69) is 32.8 Å². The van der Waals surface area contributed by atoms with Crippen LogP contribution in [0.2, 0.25) is 0 Å². The Hall–Kier alpha value is -4.40. The lowest BCUT2D eigenvalue weighted by Crippen LogP contribution is -2.49. The molecule has 9 heteroatoms. The van der Waals surface area contributed by atoms with Crippen molar-refractivity contribution >= 4 is 23.5 Å². The van der Waals surface area contributed by atoms with Gasteiger partial charge in [-0.3, -0.25) is 29.1 Å². The monoisotopic (exact) mass is 557 g/mol. The van der Waals surface area contributed by atoms with Crippen LogP contribution in [0, 0.1) is 5.92 Å². The van der Waals surface area contributed by atoms with E-state index in [1.54, 1.807) is 18.5 Å². The Morgan fingerprint density at radius 2 is 1.68 bits per heavy atom. The number of carbonyl (C=O) groups is 4. The van der Waals surface area contributed by atoms with E-state index in [-0.39, 0.29) is 42.8 Å². The molecule has 216 valence electrons. The van der Waals surface area contributed by atoms with Gasteiger partial charge in [0.25, 0.3) is 5.91 Å². The van der Waals surface area contributed by atoms with Gasteiger partial charge in [0.15, 0.2) is 5.78 Å². The van der Waals surface area contributed by atoms with Crippen molar-refractivity contribution in [3.05, 3.63) is 83.8 Å². The van der Waals surface area contributed by atoms with Gasteiger partial charge in [-0.05, 0) is 60.6 Å². The molecule has 0 fully saturated rings. The van der Waals surface area contributed by atoms with Crippen LogP contribution in [0.25, 0.3) is 11.3 Å². The number of nitrogens with one attached hydrogen (secondary N) is 3. The minimum Gasteiger partial charge on any atom is -0.349 e. The highest BCUT2D eigenvalue weighted by Crippen LogP contribution is 2.18. The van der Waals surface area contributed by atoms with Crippen molar-refractivity contribution in [3.8, 4) is 11.3 Å². The number of benzene rings is 1. The van der Waals surface area contributed by atoms with Gasteiger partial charge >= 0.3 is 0 Å². The quantitative estimate of drug-likeness (QED) is 0.261. The lowest BCUT2D eigenvalue weighted by atomic mass is 10.0. The van der Waals surface area contributed by atoms with Crippen molar-refractivity contribution in [1.29, 1.82) is 0 Å². The first-order valence-corrected chi connectivity index (χ1v) is 14.1. The van der Waals surface area contributed by atoms with Gasteiger partial charge in [-0.2, -0.15) is 0 Å². The first-order chi connectivity index (χ1) is 19.7. The Balaban J connectivity index is 1.46. The second kappa shape index (κ2) is 16.0. The third-order valence-corrected chi connectivity index (χ3v) is 6.40. The lowest BCUT2D eigenvalue weighted by Gasteiger charge is -2.20. The second-order valence-corrected chi connectivity index (χ2v) is 10.4. The number of hydrogen-bond donors (Lipinski definition) is 3. The SMILES string of the molecule is CCCCc1ccc(C(=O)N[C@@H](CC(C)C)C(=O)NCC(=O)CNC(=O)Cc2cccc(-c3ccccn3)c2)nc1. The third kappa shape index (κ3) is 10.6. The fraction of sp³-hybridized carbons (Fsp3) is 0.375. The first-order valence-electron chi connectivity index (χ1n) is 14.1. The summed E-state index contributed by atoms with van der Waals surface area (Å²) in [6.07, 6.45) is 6.93. The van der Waals surface area contributed by atoms with Crippen molar-refractivity contribution in [2.24, 2.45) is 5.92 Å². The first kappa shape index (κ1) is 31.1. The molecule has 0 radical (unpaired) electrons. The van der Waals surface area contributed by atoms with E-state index in [9.17, 15) is 19.2 Å². The molecule has 0 aliphatic carbocycles. The molecule has 3 N–H and O–H groups in total. The van der Waals surface area contributed by atoms with Crippen LogP contribution in [0.1, 0.15) is 61.6 Å². The number of aromatic nitrogens is 2. The second-order valence-electron chi connectivity index (χ2n) is 10.4. The maximum Gasteiger partial charge on any atom is 0.270 e. The summed E-state index contributed by atoms with van der Waals surface area (Å²) >= 11 is 0. The van der Waals surface area contributed by atoms with Crippen LogP contribution < -0.4 is 16.0 Å². The number of pyridine rings is 2. The van der Waals surface area contributed by atoms with Crippen molar-refractivity contribution in [2.45, 2.75) is 58.9 Å². The molecular weight excluding hydrogens is 518 g/mol. The zero-order valence-electron chi connectivity index (χ0n) is 24.0. The van der Waals surface area contributed by atoms with Gasteiger partial charge in [-0.1, -0.05) is 57.5 Å². The fourth-order valence-electron chi connectivity index (χ4n) is 4.21. The highest BCUT2D eigenvalue weighted by atomic mass is 16.2. The maximum absolute atomic E-state index is 12.9. The number of aryl methyl sites for hydroxylation is 1. The van der Waals surface area contributed by atoms with E-state index in [0.717, 1.165) is 41.6 Å². The van der Waals surface area contributed by atoms with Gasteiger partial charge < -0.3 is 16.0 Å². The van der Waals surface area contributed by atoms with E-state index in [4.69, 9.17) is 0 Å².